The number of aromatic amines is 1. The van der Waals surface area contributed by atoms with Crippen molar-refractivity contribution in [2.75, 3.05) is 0 Å². The van der Waals surface area contributed by atoms with Crippen molar-refractivity contribution in [2.24, 2.45) is 0 Å². The molecule has 8 heteroatoms. The van der Waals surface area contributed by atoms with Crippen molar-refractivity contribution in [1.82, 2.24) is 30.5 Å². The van der Waals surface area contributed by atoms with Gasteiger partial charge in [-0.1, -0.05) is 36.4 Å². The van der Waals surface area contributed by atoms with Crippen LogP contribution in [-0.4, -0.2) is 31.1 Å². The highest BCUT2D eigenvalue weighted by Gasteiger charge is 2.19. The Hall–Kier alpha value is -3.26. The second kappa shape index (κ2) is 7.32. The lowest BCUT2D eigenvalue weighted by Crippen LogP contribution is -2.23. The molecule has 3 heterocycles. The molecule has 1 aromatic carbocycles. The number of carbonyl (C=O) groups is 1. The molecule has 7 nitrogen and oxygen atoms in total. The topological polar surface area (TPSA) is 88.5 Å². The highest BCUT2D eigenvalue weighted by molar-refractivity contribution is 7.13. The number of rotatable bonds is 6. The highest BCUT2D eigenvalue weighted by atomic mass is 32.1. The van der Waals surface area contributed by atoms with Crippen LogP contribution in [0.3, 0.4) is 0 Å². The van der Waals surface area contributed by atoms with Crippen molar-refractivity contribution in [2.45, 2.75) is 13.1 Å². The Balaban J connectivity index is 1.60. The molecule has 0 aliphatic carbocycles. The minimum atomic E-state index is -0.185. The maximum absolute atomic E-state index is 12.7. The fourth-order valence-electron chi connectivity index (χ4n) is 2.61. The third-order valence-corrected chi connectivity index (χ3v) is 4.72. The van der Waals surface area contributed by atoms with Gasteiger partial charge in [-0.05, 0) is 17.0 Å². The minimum absolute atomic E-state index is 0.185. The van der Waals surface area contributed by atoms with Gasteiger partial charge in [-0.3, -0.25) is 9.48 Å². The zero-order valence-electron chi connectivity index (χ0n) is 13.8. The average Bonchev–Trinajstić information content (AvgIpc) is 3.41. The molecular formula is C18H16N6OS. The number of carbonyl (C=O) groups excluding carboxylic acids is 1. The van der Waals surface area contributed by atoms with E-state index in [0.717, 1.165) is 10.4 Å². The third kappa shape index (κ3) is 3.55. The number of H-pyrrole nitrogens is 1. The van der Waals surface area contributed by atoms with Crippen LogP contribution in [-0.2, 0) is 13.1 Å². The quantitative estimate of drug-likeness (QED) is 0.551. The molecule has 0 saturated heterocycles. The Labute approximate surface area is 153 Å². The lowest BCUT2D eigenvalue weighted by Gasteiger charge is -2.02. The molecule has 4 aromatic rings. The van der Waals surface area contributed by atoms with E-state index in [4.69, 9.17) is 0 Å². The van der Waals surface area contributed by atoms with Gasteiger partial charge in [-0.2, -0.15) is 20.5 Å². The summed E-state index contributed by atoms with van der Waals surface area (Å²) in [7, 11) is 0. The van der Waals surface area contributed by atoms with Gasteiger partial charge >= 0.3 is 0 Å². The van der Waals surface area contributed by atoms with Crippen LogP contribution < -0.4 is 5.32 Å². The van der Waals surface area contributed by atoms with Crippen LogP contribution >= 0.6 is 11.3 Å². The van der Waals surface area contributed by atoms with Gasteiger partial charge < -0.3 is 5.32 Å². The molecule has 0 atom stereocenters. The number of nitrogens with one attached hydrogen (secondary N) is 2. The van der Waals surface area contributed by atoms with Crippen molar-refractivity contribution in [3.8, 4) is 10.6 Å². The number of aromatic nitrogens is 5. The number of benzene rings is 1. The standard InChI is InChI=1S/C18H16N6OS/c25-18(19-9-14-10-20-23-21-14)15-12-24(11-13-5-2-1-3-6-13)22-17(15)16-7-4-8-26-16/h1-8,10,12H,9,11H2,(H,19,25)(H,20,21,23). The van der Waals surface area contributed by atoms with E-state index in [9.17, 15) is 4.79 Å². The van der Waals surface area contributed by atoms with Crippen LogP contribution in [0, 0.1) is 0 Å². The van der Waals surface area contributed by atoms with Gasteiger partial charge in [0, 0.05) is 6.20 Å². The molecule has 0 bridgehead atoms. The van der Waals surface area contributed by atoms with Gasteiger partial charge in [-0.15, -0.1) is 11.3 Å². The maximum Gasteiger partial charge on any atom is 0.255 e. The van der Waals surface area contributed by atoms with Gasteiger partial charge in [0.1, 0.15) is 11.4 Å². The molecule has 2 N–H and O–H groups in total. The van der Waals surface area contributed by atoms with Crippen LogP contribution in [0.25, 0.3) is 10.6 Å². The first-order valence-corrected chi connectivity index (χ1v) is 8.95. The Morgan fingerprint density at radius 1 is 1.19 bits per heavy atom. The Morgan fingerprint density at radius 2 is 2.08 bits per heavy atom. The van der Waals surface area contributed by atoms with Crippen molar-refractivity contribution < 1.29 is 4.79 Å². The summed E-state index contributed by atoms with van der Waals surface area (Å²) < 4.78 is 1.80. The maximum atomic E-state index is 12.7. The van der Waals surface area contributed by atoms with E-state index in [1.54, 1.807) is 28.4 Å². The van der Waals surface area contributed by atoms with Crippen molar-refractivity contribution >= 4 is 17.2 Å². The molecule has 0 saturated carbocycles. The Bertz CT molecular complexity index is 976. The molecule has 0 fully saturated rings. The summed E-state index contributed by atoms with van der Waals surface area (Å²) in [5, 5.41) is 19.7. The predicted octanol–water partition coefficient (Wildman–Crippen LogP) is 2.71. The van der Waals surface area contributed by atoms with E-state index >= 15 is 0 Å². The molecule has 26 heavy (non-hydrogen) atoms. The SMILES string of the molecule is O=C(NCc1cn[nH]n1)c1cn(Cc2ccccc2)nc1-c1cccs1. The third-order valence-electron chi connectivity index (χ3n) is 3.84. The van der Waals surface area contributed by atoms with E-state index < -0.39 is 0 Å². The van der Waals surface area contributed by atoms with Gasteiger partial charge in [0.15, 0.2) is 0 Å². The van der Waals surface area contributed by atoms with Crippen LogP contribution in [0.2, 0.25) is 0 Å². The zero-order valence-corrected chi connectivity index (χ0v) is 14.6. The van der Waals surface area contributed by atoms with E-state index in [0.29, 0.717) is 30.0 Å². The van der Waals surface area contributed by atoms with E-state index in [1.807, 2.05) is 47.8 Å². The smallest absolute Gasteiger partial charge is 0.255 e. The fourth-order valence-corrected chi connectivity index (χ4v) is 3.33. The summed E-state index contributed by atoms with van der Waals surface area (Å²) in [4.78, 5) is 13.7. The normalized spacial score (nSPS) is 10.8. The first-order valence-electron chi connectivity index (χ1n) is 8.08. The summed E-state index contributed by atoms with van der Waals surface area (Å²) in [5.41, 5.74) is 3.04. The van der Waals surface area contributed by atoms with Gasteiger partial charge in [0.05, 0.1) is 29.7 Å². The summed E-state index contributed by atoms with van der Waals surface area (Å²) >= 11 is 1.56. The van der Waals surface area contributed by atoms with Crippen molar-refractivity contribution in [3.63, 3.8) is 0 Å². The van der Waals surface area contributed by atoms with E-state index in [2.05, 4.69) is 25.8 Å². The summed E-state index contributed by atoms with van der Waals surface area (Å²) in [6.07, 6.45) is 3.37. The summed E-state index contributed by atoms with van der Waals surface area (Å²) in [5.74, 6) is -0.185. The number of hydrogen-bond acceptors (Lipinski definition) is 5. The number of nitrogens with zero attached hydrogens (tertiary/aromatic N) is 4. The van der Waals surface area contributed by atoms with Gasteiger partial charge in [0.25, 0.3) is 5.91 Å². The molecule has 130 valence electrons. The van der Waals surface area contributed by atoms with Gasteiger partial charge in [-0.25, -0.2) is 0 Å². The van der Waals surface area contributed by atoms with E-state index in [-0.39, 0.29) is 5.91 Å². The number of hydrogen-bond donors (Lipinski definition) is 2. The predicted molar refractivity (Wildman–Crippen MR) is 98.6 cm³/mol. The molecule has 0 aliphatic heterocycles. The lowest BCUT2D eigenvalue weighted by molar-refractivity contribution is 0.0951. The first-order chi connectivity index (χ1) is 12.8. The molecule has 0 aliphatic rings. The van der Waals surface area contributed by atoms with Crippen LogP contribution in [0.15, 0.2) is 60.2 Å². The van der Waals surface area contributed by atoms with Gasteiger partial charge in [0.2, 0.25) is 0 Å². The average molecular weight is 364 g/mol. The fraction of sp³-hybridized carbons (Fsp3) is 0.111. The van der Waals surface area contributed by atoms with Crippen molar-refractivity contribution in [1.29, 1.82) is 0 Å². The monoisotopic (exact) mass is 364 g/mol. The van der Waals surface area contributed by atoms with E-state index in [1.165, 1.54) is 0 Å². The molecule has 4 rings (SSSR count). The Morgan fingerprint density at radius 3 is 2.81 bits per heavy atom. The van der Waals surface area contributed by atoms with Crippen LogP contribution in [0.4, 0.5) is 0 Å². The second-order valence-corrected chi connectivity index (χ2v) is 6.64. The minimum Gasteiger partial charge on any atom is -0.346 e. The Kier molecular flexibility index (Phi) is 4.57. The molecule has 3 aromatic heterocycles. The molecule has 0 spiro atoms. The molecule has 0 unspecified atom stereocenters. The largest absolute Gasteiger partial charge is 0.346 e. The first kappa shape index (κ1) is 16.2. The number of thiophene rings is 1. The highest BCUT2D eigenvalue weighted by Crippen LogP contribution is 2.27. The van der Waals surface area contributed by atoms with Crippen LogP contribution in [0.1, 0.15) is 21.6 Å². The molecular weight excluding hydrogens is 348 g/mol. The lowest BCUT2D eigenvalue weighted by atomic mass is 10.2. The molecule has 0 radical (unpaired) electrons. The number of amides is 1. The summed E-state index contributed by atoms with van der Waals surface area (Å²) in [6.45, 7) is 0.916. The second-order valence-electron chi connectivity index (χ2n) is 5.70. The molecule has 1 amide bonds. The van der Waals surface area contributed by atoms with Crippen LogP contribution in [0.5, 0.6) is 0 Å². The summed E-state index contributed by atoms with van der Waals surface area (Å²) in [6, 6.07) is 14.0. The zero-order chi connectivity index (χ0) is 17.8. The van der Waals surface area contributed by atoms with Crippen molar-refractivity contribution in [3.05, 3.63) is 77.1 Å².